The van der Waals surface area contributed by atoms with Gasteiger partial charge in [0.2, 0.25) is 0 Å². The highest BCUT2D eigenvalue weighted by Gasteiger charge is 1.89. The summed E-state index contributed by atoms with van der Waals surface area (Å²) in [4.78, 5) is 2.00. The Bertz CT molecular complexity index is 41.9. The zero-order valence-electron chi connectivity index (χ0n) is 4.60. The summed E-state index contributed by atoms with van der Waals surface area (Å²) in [5.74, 6) is 0. The summed E-state index contributed by atoms with van der Waals surface area (Å²) in [5.41, 5.74) is 0. The highest BCUT2D eigenvalue weighted by molar-refractivity contribution is 4.97. The van der Waals surface area contributed by atoms with Crippen molar-refractivity contribution in [1.29, 1.82) is 0 Å². The van der Waals surface area contributed by atoms with Crippen LogP contribution in [0.4, 0.5) is 0 Å². The highest BCUT2D eigenvalue weighted by atomic mass is 15.1. The standard InChI is InChI=1S/C3H5N.C2H6/c1-4-2-3-4;1-2/h2-3H,1H3;1-2H3. The van der Waals surface area contributed by atoms with Crippen molar-refractivity contribution in [2.45, 2.75) is 13.8 Å². The van der Waals surface area contributed by atoms with Crippen LogP contribution in [0.1, 0.15) is 13.8 Å². The maximum atomic E-state index is 2.00. The van der Waals surface area contributed by atoms with E-state index in [2.05, 4.69) is 0 Å². The Balaban J connectivity index is 0.000000112. The Morgan fingerprint density at radius 2 is 1.33 bits per heavy atom. The van der Waals surface area contributed by atoms with Gasteiger partial charge in [0, 0.05) is 19.4 Å². The van der Waals surface area contributed by atoms with E-state index in [4.69, 9.17) is 0 Å². The third kappa shape index (κ3) is 3.54. The minimum atomic E-state index is 2.00. The smallest absolute Gasteiger partial charge is 0.0194 e. The van der Waals surface area contributed by atoms with Gasteiger partial charge in [-0.05, 0) is 0 Å². The fourth-order valence-electron chi connectivity index (χ4n) is 0.0667. The molecule has 1 rings (SSSR count). The lowest BCUT2D eigenvalue weighted by Gasteiger charge is -1.74. The molecule has 1 heteroatoms. The van der Waals surface area contributed by atoms with Gasteiger partial charge >= 0.3 is 0 Å². The van der Waals surface area contributed by atoms with Crippen LogP contribution in [0.3, 0.4) is 0 Å². The molecular weight excluding hydrogens is 74.1 g/mol. The van der Waals surface area contributed by atoms with Crippen LogP contribution in [-0.4, -0.2) is 11.9 Å². The molecule has 0 N–H and O–H groups in total. The summed E-state index contributed by atoms with van der Waals surface area (Å²) < 4.78 is 0. The maximum Gasteiger partial charge on any atom is 0.0194 e. The lowest BCUT2D eigenvalue weighted by atomic mass is 11.0. The van der Waals surface area contributed by atoms with Gasteiger partial charge in [-0.2, -0.15) is 0 Å². The van der Waals surface area contributed by atoms with Crippen molar-refractivity contribution >= 4 is 0 Å². The van der Waals surface area contributed by atoms with Gasteiger partial charge in [0.25, 0.3) is 0 Å². The molecule has 1 heterocycles. The molecule has 0 unspecified atom stereocenters. The van der Waals surface area contributed by atoms with E-state index in [1.807, 2.05) is 38.2 Å². The van der Waals surface area contributed by atoms with Crippen molar-refractivity contribution in [3.8, 4) is 0 Å². The van der Waals surface area contributed by atoms with Crippen molar-refractivity contribution < 1.29 is 0 Å². The third-order valence-corrected chi connectivity index (χ3v) is 0.447. The summed E-state index contributed by atoms with van der Waals surface area (Å²) in [5, 5.41) is 0. The average Bonchev–Trinajstić information content (AvgIpc) is 2.30. The van der Waals surface area contributed by atoms with E-state index in [1.54, 1.807) is 0 Å². The van der Waals surface area contributed by atoms with E-state index < -0.39 is 0 Å². The summed E-state index contributed by atoms with van der Waals surface area (Å²) >= 11 is 0. The monoisotopic (exact) mass is 85.1 g/mol. The first-order valence-electron chi connectivity index (χ1n) is 2.30. The Labute approximate surface area is 39.3 Å². The Kier molecular flexibility index (Phi) is 2.55. The van der Waals surface area contributed by atoms with Crippen LogP contribution in [0.25, 0.3) is 0 Å². The highest BCUT2D eigenvalue weighted by Crippen LogP contribution is 1.96. The first-order valence-corrected chi connectivity index (χ1v) is 2.30. The van der Waals surface area contributed by atoms with E-state index in [-0.39, 0.29) is 0 Å². The third-order valence-electron chi connectivity index (χ3n) is 0.447. The molecule has 0 amide bonds. The van der Waals surface area contributed by atoms with E-state index in [0.717, 1.165) is 0 Å². The normalized spacial score (nSPS) is 12.8. The van der Waals surface area contributed by atoms with Gasteiger partial charge in [-0.1, -0.05) is 13.8 Å². The topological polar surface area (TPSA) is 3.01 Å². The molecule has 0 aromatic rings. The summed E-state index contributed by atoms with van der Waals surface area (Å²) in [6.07, 6.45) is 4.00. The quantitative estimate of drug-likeness (QED) is 0.430. The summed E-state index contributed by atoms with van der Waals surface area (Å²) in [6, 6.07) is 0. The molecule has 6 heavy (non-hydrogen) atoms. The summed E-state index contributed by atoms with van der Waals surface area (Å²) in [7, 11) is 2.00. The molecule has 0 aromatic heterocycles. The zero-order chi connectivity index (χ0) is 4.99. The Hall–Kier alpha value is -0.460. The SMILES string of the molecule is CC.CN1C=C1. The number of nitrogens with zero attached hydrogens (tertiary/aromatic N) is 1. The van der Waals surface area contributed by atoms with E-state index >= 15 is 0 Å². The molecule has 0 aliphatic carbocycles. The second kappa shape index (κ2) is 2.76. The van der Waals surface area contributed by atoms with Crippen LogP contribution in [0.2, 0.25) is 0 Å². The van der Waals surface area contributed by atoms with Crippen molar-refractivity contribution in [1.82, 2.24) is 4.90 Å². The van der Waals surface area contributed by atoms with Gasteiger partial charge in [0.05, 0.1) is 0 Å². The van der Waals surface area contributed by atoms with Crippen molar-refractivity contribution in [3.63, 3.8) is 0 Å². The Morgan fingerprint density at radius 3 is 1.33 bits per heavy atom. The second-order valence-electron chi connectivity index (χ2n) is 0.964. The number of hydrogen-bond donors (Lipinski definition) is 0. The van der Waals surface area contributed by atoms with Gasteiger partial charge in [-0.3, -0.25) is 0 Å². The fraction of sp³-hybridized carbons (Fsp3) is 0.600. The van der Waals surface area contributed by atoms with E-state index in [1.165, 1.54) is 0 Å². The molecule has 0 bridgehead atoms. The largest absolute Gasteiger partial charge is 0.354 e. The predicted octanol–water partition coefficient (Wildman–Crippen LogP) is 1.43. The lowest BCUT2D eigenvalue weighted by molar-refractivity contribution is 0.760. The van der Waals surface area contributed by atoms with E-state index in [0.29, 0.717) is 0 Å². The summed E-state index contributed by atoms with van der Waals surface area (Å²) in [6.45, 7) is 4.00. The van der Waals surface area contributed by atoms with Gasteiger partial charge in [-0.15, -0.1) is 0 Å². The fourth-order valence-corrected chi connectivity index (χ4v) is 0.0667. The van der Waals surface area contributed by atoms with Gasteiger partial charge in [-0.25, -0.2) is 0 Å². The van der Waals surface area contributed by atoms with Gasteiger partial charge in [0.15, 0.2) is 0 Å². The van der Waals surface area contributed by atoms with Crippen LogP contribution in [0, 0.1) is 0 Å². The molecule has 0 saturated carbocycles. The number of hydrogen-bond acceptors (Lipinski definition) is 1. The average molecular weight is 85.1 g/mol. The lowest BCUT2D eigenvalue weighted by Crippen LogP contribution is -1.74. The molecule has 1 aliphatic rings. The molecule has 0 saturated heterocycles. The van der Waals surface area contributed by atoms with Crippen molar-refractivity contribution in [2.75, 3.05) is 7.05 Å². The molecular formula is C5H11N. The molecule has 0 aromatic carbocycles. The molecule has 36 valence electrons. The van der Waals surface area contributed by atoms with Crippen molar-refractivity contribution in [2.24, 2.45) is 0 Å². The molecule has 0 radical (unpaired) electrons. The predicted molar refractivity (Wildman–Crippen MR) is 28.3 cm³/mol. The van der Waals surface area contributed by atoms with Gasteiger partial charge in [0.1, 0.15) is 0 Å². The first-order chi connectivity index (χ1) is 2.89. The second-order valence-corrected chi connectivity index (χ2v) is 0.964. The minimum absolute atomic E-state index is 2.00. The zero-order valence-corrected chi connectivity index (χ0v) is 4.60. The first kappa shape index (κ1) is 5.54. The van der Waals surface area contributed by atoms with Crippen molar-refractivity contribution in [3.05, 3.63) is 12.4 Å². The van der Waals surface area contributed by atoms with Crippen LogP contribution >= 0.6 is 0 Å². The van der Waals surface area contributed by atoms with Crippen LogP contribution in [0.5, 0.6) is 0 Å². The minimum Gasteiger partial charge on any atom is -0.354 e. The van der Waals surface area contributed by atoms with Crippen LogP contribution in [-0.2, 0) is 0 Å². The van der Waals surface area contributed by atoms with Crippen LogP contribution < -0.4 is 0 Å². The number of rotatable bonds is 0. The molecule has 0 spiro atoms. The molecule has 0 fully saturated rings. The molecule has 1 aliphatic heterocycles. The van der Waals surface area contributed by atoms with Crippen LogP contribution in [0.15, 0.2) is 12.4 Å². The molecule has 0 atom stereocenters. The van der Waals surface area contributed by atoms with Gasteiger partial charge < -0.3 is 4.90 Å². The van der Waals surface area contributed by atoms with E-state index in [9.17, 15) is 0 Å². The maximum absolute atomic E-state index is 2.00. The Morgan fingerprint density at radius 1 is 1.17 bits per heavy atom. The molecule has 1 nitrogen and oxygen atoms in total.